The molecule has 0 amide bonds. The van der Waals surface area contributed by atoms with Crippen LogP contribution in [0.1, 0.15) is 0 Å². The van der Waals surface area contributed by atoms with Crippen LogP contribution in [0.25, 0.3) is 0 Å². The third-order valence-electron chi connectivity index (χ3n) is 1.01. The van der Waals surface area contributed by atoms with E-state index in [4.69, 9.17) is 0 Å². The van der Waals surface area contributed by atoms with E-state index in [0.29, 0.717) is 0 Å². The van der Waals surface area contributed by atoms with Gasteiger partial charge in [-0.3, -0.25) is 0 Å². The molecule has 1 aliphatic heterocycles. The van der Waals surface area contributed by atoms with Gasteiger partial charge in [-0.1, -0.05) is 0 Å². The Morgan fingerprint density at radius 1 is 1.56 bits per heavy atom. The number of carboxylic acid groups (broad SMARTS) is 1. The molecule has 0 spiro atoms. The van der Waals surface area contributed by atoms with E-state index in [1.165, 1.54) is 0 Å². The maximum atomic E-state index is 10.2. The Labute approximate surface area is 57.6 Å². The number of hydrogen-bond donors (Lipinski definition) is 0. The van der Waals surface area contributed by atoms with Crippen molar-refractivity contribution < 1.29 is 9.90 Å². The summed E-state index contributed by atoms with van der Waals surface area (Å²) in [4.78, 5) is 11.1. The number of hydrogen-bond acceptors (Lipinski definition) is 2. The van der Waals surface area contributed by atoms with Crippen molar-refractivity contribution in [2.75, 3.05) is 0 Å². The van der Waals surface area contributed by atoms with Crippen LogP contribution in [0.5, 0.6) is 0 Å². The molecule has 2 nitrogen and oxygen atoms in total. The number of rotatable bonds is 1. The summed E-state index contributed by atoms with van der Waals surface area (Å²) >= 11 is -2.04. The van der Waals surface area contributed by atoms with Gasteiger partial charge in [0.05, 0.1) is 0 Å². The Balaban J connectivity index is 2.84. The van der Waals surface area contributed by atoms with Gasteiger partial charge in [0.25, 0.3) is 0 Å². The molecule has 1 heterocycles. The van der Waals surface area contributed by atoms with Gasteiger partial charge >= 0.3 is 57.1 Å². The summed E-state index contributed by atoms with van der Waals surface area (Å²) in [5.41, 5.74) is 1.75. The predicted octanol–water partition coefficient (Wildman–Crippen LogP) is -0.770. The van der Waals surface area contributed by atoms with Crippen LogP contribution in [0.15, 0.2) is 23.0 Å². The van der Waals surface area contributed by atoms with Gasteiger partial charge in [0.15, 0.2) is 0 Å². The van der Waals surface area contributed by atoms with Crippen LogP contribution in [0.4, 0.5) is 4.79 Å². The van der Waals surface area contributed by atoms with Crippen LogP contribution in [-0.2, 0) is 0 Å². The van der Waals surface area contributed by atoms with Crippen molar-refractivity contribution in [1.82, 2.24) is 0 Å². The van der Waals surface area contributed by atoms with Crippen molar-refractivity contribution in [2.45, 2.75) is 0 Å². The molecule has 0 N–H and O–H groups in total. The van der Waals surface area contributed by atoms with Gasteiger partial charge < -0.3 is 0 Å². The normalized spacial score (nSPS) is 14.4. The molecule has 0 unspecified atom stereocenters. The van der Waals surface area contributed by atoms with E-state index in [9.17, 15) is 9.90 Å². The average Bonchev–Trinajstić information content (AvgIpc) is 1.90. The molecule has 9 heavy (non-hydrogen) atoms. The van der Waals surface area contributed by atoms with Crippen LogP contribution in [-0.4, -0.2) is 24.1 Å². The molecular weight excluding hydrogens is 175 g/mol. The van der Waals surface area contributed by atoms with E-state index < -0.39 is 18.5 Å². The van der Waals surface area contributed by atoms with Gasteiger partial charge in [-0.2, -0.15) is 0 Å². The molecule has 0 saturated carbocycles. The van der Waals surface area contributed by atoms with Crippen molar-refractivity contribution in [3.05, 3.63) is 23.0 Å². The SMILES string of the molecule is O=[C]([O-])[Ge]1=[B]C=CC=[CH]1. The molecule has 4 heteroatoms. The van der Waals surface area contributed by atoms with Crippen LogP contribution in [0.2, 0.25) is 0 Å². The number of allylic oxidation sites excluding steroid dienone is 2. The Morgan fingerprint density at radius 3 is 2.67 bits per heavy atom. The van der Waals surface area contributed by atoms with Gasteiger partial charge in [-0.25, -0.2) is 0 Å². The van der Waals surface area contributed by atoms with Gasteiger partial charge in [-0.05, 0) is 0 Å². The minimum atomic E-state index is -2.04. The molecule has 0 aromatic carbocycles. The van der Waals surface area contributed by atoms with Gasteiger partial charge in [0.1, 0.15) is 0 Å². The molecule has 0 radical (unpaired) electrons. The van der Waals surface area contributed by atoms with Crippen LogP contribution < -0.4 is 5.11 Å². The third kappa shape index (κ3) is 1.75. The molecule has 44 valence electrons. The fraction of sp³-hybridized carbons (Fsp3) is 0. The minimum absolute atomic E-state index is 0.879. The molecule has 0 aliphatic carbocycles. The summed E-state index contributed by atoms with van der Waals surface area (Å²) in [5, 5.41) is 10.2. The van der Waals surface area contributed by atoms with Gasteiger partial charge in [0, 0.05) is 0 Å². The van der Waals surface area contributed by atoms with Crippen LogP contribution in [0.3, 0.4) is 0 Å². The Morgan fingerprint density at radius 2 is 2.33 bits per heavy atom. The second kappa shape index (κ2) is 2.92. The summed E-state index contributed by atoms with van der Waals surface area (Å²) in [6, 6.07) is 0. The van der Waals surface area contributed by atoms with Gasteiger partial charge in [0.2, 0.25) is 0 Å². The molecule has 0 atom stereocenters. The zero-order valence-electron chi connectivity index (χ0n) is 4.70. The fourth-order valence-electron chi connectivity index (χ4n) is 0.574. The Kier molecular flexibility index (Phi) is 2.16. The molecule has 0 bridgehead atoms. The first-order chi connectivity index (χ1) is 4.30. The van der Waals surface area contributed by atoms with E-state index in [-0.39, 0.29) is 0 Å². The molecule has 0 saturated heterocycles. The summed E-state index contributed by atoms with van der Waals surface area (Å²) < 4.78 is 0. The quantitative estimate of drug-likeness (QED) is 0.496. The molecular formula is C5H4BGeO2-. The van der Waals surface area contributed by atoms with Crippen LogP contribution >= 0.6 is 0 Å². The second-order valence-electron chi connectivity index (χ2n) is 1.65. The predicted molar refractivity (Wildman–Crippen MR) is 35.2 cm³/mol. The first-order valence-electron chi connectivity index (χ1n) is 2.57. The molecule has 0 aromatic heterocycles. The topological polar surface area (TPSA) is 40.1 Å². The van der Waals surface area contributed by atoms with Crippen molar-refractivity contribution in [3.8, 4) is 0 Å². The van der Waals surface area contributed by atoms with E-state index >= 15 is 0 Å². The zero-order chi connectivity index (χ0) is 6.69. The van der Waals surface area contributed by atoms with Crippen molar-refractivity contribution in [3.63, 3.8) is 0 Å². The molecule has 0 fully saturated rings. The first kappa shape index (κ1) is 6.67. The molecule has 1 aliphatic rings. The Hall–Kier alpha value is -0.442. The van der Waals surface area contributed by atoms with Crippen molar-refractivity contribution >= 4 is 24.1 Å². The molecule has 0 aromatic rings. The molecule has 1 rings (SSSR count). The average molecular weight is 180 g/mol. The third-order valence-corrected chi connectivity index (χ3v) is 4.31. The van der Waals surface area contributed by atoms with Crippen molar-refractivity contribution in [2.24, 2.45) is 0 Å². The second-order valence-corrected chi connectivity index (χ2v) is 5.82. The number of carbonyl (C=O) groups excluding carboxylic acids is 1. The van der Waals surface area contributed by atoms with E-state index in [1.54, 1.807) is 22.6 Å². The monoisotopic (exact) mass is 181 g/mol. The van der Waals surface area contributed by atoms with Crippen molar-refractivity contribution in [1.29, 1.82) is 0 Å². The standard InChI is InChI=1S/C5H5BGeO2/c8-5(9)7-4-2-1-3-6-7/h1-4H,(H,8,9)/p-1. The first-order valence-corrected chi connectivity index (χ1v) is 6.04. The summed E-state index contributed by atoms with van der Waals surface area (Å²) in [7, 11) is 0. The Bertz CT molecular complexity index is 217. The summed E-state index contributed by atoms with van der Waals surface area (Å²) in [5.74, 6) is 1.77. The van der Waals surface area contributed by atoms with E-state index in [2.05, 4.69) is 0 Å². The number of carbonyl (C=O) groups is 1. The maximum absolute atomic E-state index is 10.2. The van der Waals surface area contributed by atoms with E-state index in [0.717, 1.165) is 0 Å². The van der Waals surface area contributed by atoms with Crippen LogP contribution in [0, 0.1) is 0 Å². The van der Waals surface area contributed by atoms with Gasteiger partial charge in [-0.15, -0.1) is 0 Å². The zero-order valence-corrected chi connectivity index (χ0v) is 6.80. The summed E-state index contributed by atoms with van der Waals surface area (Å²) in [6.45, 7) is 0. The summed E-state index contributed by atoms with van der Waals surface area (Å²) in [6.07, 6.45) is 3.59. The fourth-order valence-corrected chi connectivity index (χ4v) is 2.71. The van der Waals surface area contributed by atoms with E-state index in [1.807, 2.05) is 6.08 Å².